The van der Waals surface area contributed by atoms with E-state index in [4.69, 9.17) is 18.5 Å². The number of aliphatic hydroxyl groups is 5. The summed E-state index contributed by atoms with van der Waals surface area (Å²) in [5, 5.41) is 50.2. The van der Waals surface area contributed by atoms with Gasteiger partial charge in [-0.15, -0.1) is 0 Å². The number of ether oxygens (including phenoxy) is 2. The average molecular weight is 929 g/mol. The molecule has 0 saturated heterocycles. The zero-order valence-corrected chi connectivity index (χ0v) is 40.5. The van der Waals surface area contributed by atoms with Crippen LogP contribution in [0.2, 0.25) is 0 Å². The van der Waals surface area contributed by atoms with Gasteiger partial charge in [0.1, 0.15) is 43.2 Å². The second kappa shape index (κ2) is 39.9. The Labute approximate surface area is 386 Å². The third-order valence-electron chi connectivity index (χ3n) is 11.4. The van der Waals surface area contributed by atoms with Gasteiger partial charge in [-0.1, -0.05) is 184 Å². The van der Waals surface area contributed by atoms with Crippen molar-refractivity contribution in [3.8, 4) is 0 Å². The Morgan fingerprint density at radius 1 is 0.484 bits per heavy atom. The molecule has 0 aromatic carbocycles. The van der Waals surface area contributed by atoms with Gasteiger partial charge in [-0.05, 0) is 51.4 Å². The number of carbonyl (C=O) groups is 2. The number of aliphatic hydroxyl groups excluding tert-OH is 5. The van der Waals surface area contributed by atoms with Gasteiger partial charge in [-0.3, -0.25) is 18.6 Å². The molecule has 0 heterocycles. The Morgan fingerprint density at radius 3 is 1.33 bits per heavy atom. The van der Waals surface area contributed by atoms with Crippen molar-refractivity contribution in [2.45, 2.75) is 243 Å². The average Bonchev–Trinajstić information content (AvgIpc) is 3.28. The third kappa shape index (κ3) is 31.7. The topological polar surface area (TPSA) is 210 Å². The van der Waals surface area contributed by atoms with Crippen LogP contribution in [0.1, 0.15) is 200 Å². The van der Waals surface area contributed by atoms with Crippen LogP contribution in [0.5, 0.6) is 0 Å². The fraction of sp³-hybridized carbons (Fsp3) is 0.800. The van der Waals surface area contributed by atoms with Gasteiger partial charge >= 0.3 is 19.8 Å². The van der Waals surface area contributed by atoms with Crippen molar-refractivity contribution in [2.24, 2.45) is 0 Å². The molecule has 0 radical (unpaired) electrons. The molecule has 0 aromatic rings. The number of hydrogen-bond acceptors (Lipinski definition) is 12. The number of hydrogen-bond donors (Lipinski definition) is 6. The first-order chi connectivity index (χ1) is 30.9. The first-order valence-corrected chi connectivity index (χ1v) is 26.4. The predicted octanol–water partition coefficient (Wildman–Crippen LogP) is 10.3. The molecular weight excluding hydrogens is 840 g/mol. The van der Waals surface area contributed by atoms with Crippen LogP contribution in [-0.4, -0.2) is 98.3 Å². The summed E-state index contributed by atoms with van der Waals surface area (Å²) in [4.78, 5) is 35.8. The first-order valence-electron chi connectivity index (χ1n) is 24.9. The van der Waals surface area contributed by atoms with E-state index in [-0.39, 0.29) is 12.8 Å². The van der Waals surface area contributed by atoms with Crippen LogP contribution in [0.25, 0.3) is 0 Å². The van der Waals surface area contributed by atoms with E-state index in [0.717, 1.165) is 51.4 Å². The smallest absolute Gasteiger partial charge is 0.462 e. The molecule has 64 heavy (non-hydrogen) atoms. The quantitative estimate of drug-likeness (QED) is 0.0146. The lowest BCUT2D eigenvalue weighted by atomic mass is 9.85. The van der Waals surface area contributed by atoms with E-state index < -0.39 is 75.7 Å². The molecule has 8 atom stereocenters. The van der Waals surface area contributed by atoms with Gasteiger partial charge in [0, 0.05) is 12.8 Å². The highest BCUT2D eigenvalue weighted by Crippen LogP contribution is 2.47. The minimum Gasteiger partial charge on any atom is -0.462 e. The minimum absolute atomic E-state index is 0.0874. The van der Waals surface area contributed by atoms with Crippen molar-refractivity contribution < 1.29 is 63.1 Å². The van der Waals surface area contributed by atoms with Crippen molar-refractivity contribution in [3.05, 3.63) is 48.6 Å². The number of phosphoric acid groups is 1. The van der Waals surface area contributed by atoms with Crippen molar-refractivity contribution in [2.75, 3.05) is 13.2 Å². The Kier molecular flexibility index (Phi) is 37.3. The van der Waals surface area contributed by atoms with Gasteiger partial charge in [-0.25, -0.2) is 4.57 Å². The molecule has 1 aliphatic carbocycles. The molecule has 13 nitrogen and oxygen atoms in total. The van der Waals surface area contributed by atoms with Gasteiger partial charge in [0.05, 0.1) is 6.61 Å². The standard InChI is InChI=1S/C50H89O13P/c1-3-5-7-9-11-13-15-17-19-21-23-25-27-29-31-33-35-37-39-44(52)62-42(41-61-64(58,59)63-50-48(56)46(54)45(53)47(55)49(50)57)40-60-43(51)38-36-34-32-30-28-26-24-22-20-18-16-14-12-10-8-6-4-2/h12,14,18,20,24,26,30,32,42,45-50,53-57H,3-11,13,15-17,19,21-23,25,27-29,31,33-41H2,1-2H3,(H,58,59)/b14-12-,20-18-,26-24-,32-30-/t42-,45?,46-,47?,48?,49?,50?/m1/s1. The zero-order valence-electron chi connectivity index (χ0n) is 39.6. The van der Waals surface area contributed by atoms with E-state index in [1.54, 1.807) is 0 Å². The molecule has 0 amide bonds. The van der Waals surface area contributed by atoms with E-state index in [2.05, 4.69) is 50.3 Å². The fourth-order valence-corrected chi connectivity index (χ4v) is 8.37. The summed E-state index contributed by atoms with van der Waals surface area (Å²) in [5.41, 5.74) is 0. The first kappa shape index (κ1) is 59.8. The summed E-state index contributed by atoms with van der Waals surface area (Å²) in [6.45, 7) is 3.24. The normalized spacial score (nSPS) is 21.9. The highest BCUT2D eigenvalue weighted by atomic mass is 31.2. The van der Waals surface area contributed by atoms with Crippen molar-refractivity contribution >= 4 is 19.8 Å². The summed E-state index contributed by atoms with van der Waals surface area (Å²) in [5.74, 6) is -1.16. The molecule has 0 spiro atoms. The second-order valence-electron chi connectivity index (χ2n) is 17.3. The maximum absolute atomic E-state index is 12.8. The summed E-state index contributed by atoms with van der Waals surface area (Å²) in [6, 6.07) is 0. The molecule has 1 aliphatic rings. The molecule has 1 saturated carbocycles. The molecule has 372 valence electrons. The lowest BCUT2D eigenvalue weighted by molar-refractivity contribution is -0.220. The predicted molar refractivity (Wildman–Crippen MR) is 253 cm³/mol. The van der Waals surface area contributed by atoms with Crippen molar-refractivity contribution in [3.63, 3.8) is 0 Å². The highest BCUT2D eigenvalue weighted by molar-refractivity contribution is 7.47. The molecular formula is C50H89O13P. The summed E-state index contributed by atoms with van der Waals surface area (Å²) in [6.07, 6.45) is 34.5. The third-order valence-corrected chi connectivity index (χ3v) is 12.4. The number of carbonyl (C=O) groups excluding carboxylic acids is 2. The number of rotatable bonds is 41. The maximum atomic E-state index is 12.8. The molecule has 6 N–H and O–H groups in total. The van der Waals surface area contributed by atoms with E-state index >= 15 is 0 Å². The van der Waals surface area contributed by atoms with Gasteiger partial charge in [-0.2, -0.15) is 0 Å². The highest BCUT2D eigenvalue weighted by Gasteiger charge is 2.51. The zero-order chi connectivity index (χ0) is 47.1. The lowest BCUT2D eigenvalue weighted by Gasteiger charge is -2.41. The van der Waals surface area contributed by atoms with E-state index in [1.807, 2.05) is 12.2 Å². The fourth-order valence-electron chi connectivity index (χ4n) is 7.40. The Bertz CT molecular complexity index is 1300. The van der Waals surface area contributed by atoms with Gasteiger partial charge < -0.3 is 39.9 Å². The van der Waals surface area contributed by atoms with Crippen LogP contribution in [0.3, 0.4) is 0 Å². The largest absolute Gasteiger partial charge is 0.472 e. The van der Waals surface area contributed by atoms with Crippen molar-refractivity contribution in [1.82, 2.24) is 0 Å². The van der Waals surface area contributed by atoms with Gasteiger partial charge in [0.15, 0.2) is 6.10 Å². The van der Waals surface area contributed by atoms with Gasteiger partial charge in [0.2, 0.25) is 0 Å². The van der Waals surface area contributed by atoms with E-state index in [9.17, 15) is 44.6 Å². The Morgan fingerprint density at radius 2 is 0.859 bits per heavy atom. The van der Waals surface area contributed by atoms with Crippen LogP contribution >= 0.6 is 7.82 Å². The van der Waals surface area contributed by atoms with Crippen LogP contribution in [0.4, 0.5) is 0 Å². The molecule has 0 aromatic heterocycles. The SMILES string of the molecule is CCCCC/C=C\C/C=C\C/C=C\C/C=C\CCCC(=O)OC[C@H](COP(=O)(O)OC1C(O)C(O)C(O)[C@@H](O)C1O)OC(=O)CCCCCCCCCCCCCCCCCCCC. The number of unbranched alkanes of at least 4 members (excludes halogenated alkanes) is 21. The Balaban J connectivity index is 2.45. The number of esters is 2. The van der Waals surface area contributed by atoms with Crippen LogP contribution in [0, 0.1) is 0 Å². The number of phosphoric ester groups is 1. The van der Waals surface area contributed by atoms with Crippen LogP contribution in [-0.2, 0) is 32.7 Å². The van der Waals surface area contributed by atoms with Crippen molar-refractivity contribution in [1.29, 1.82) is 0 Å². The minimum atomic E-state index is -5.13. The number of allylic oxidation sites excluding steroid dienone is 8. The molecule has 6 unspecified atom stereocenters. The molecule has 0 aliphatic heterocycles. The van der Waals surface area contributed by atoms with E-state index in [1.165, 1.54) is 103 Å². The van der Waals surface area contributed by atoms with E-state index in [0.29, 0.717) is 19.3 Å². The molecule has 1 fully saturated rings. The maximum Gasteiger partial charge on any atom is 0.472 e. The lowest BCUT2D eigenvalue weighted by Crippen LogP contribution is -2.64. The molecule has 14 heteroatoms. The van der Waals surface area contributed by atoms with Crippen LogP contribution < -0.4 is 0 Å². The summed E-state index contributed by atoms with van der Waals surface area (Å²) < 4.78 is 33.5. The summed E-state index contributed by atoms with van der Waals surface area (Å²) in [7, 11) is -5.13. The van der Waals surface area contributed by atoms with Gasteiger partial charge in [0.25, 0.3) is 0 Å². The molecule has 1 rings (SSSR count). The molecule has 0 bridgehead atoms. The summed E-state index contributed by atoms with van der Waals surface area (Å²) >= 11 is 0. The second-order valence-corrected chi connectivity index (χ2v) is 18.7. The Hall–Kier alpha value is -2.19. The van der Waals surface area contributed by atoms with Crippen LogP contribution in [0.15, 0.2) is 48.6 Å². The monoisotopic (exact) mass is 929 g/mol.